The molecule has 0 atom stereocenters. The zero-order chi connectivity index (χ0) is 24.8. The first-order chi connectivity index (χ1) is 17.0. The molecule has 4 rings (SSSR count). The smallest absolute Gasteiger partial charge is 0.350 e. The van der Waals surface area contributed by atoms with Crippen LogP contribution in [0, 0.1) is 30.1 Å². The van der Waals surface area contributed by atoms with Gasteiger partial charge in [-0.15, -0.1) is 0 Å². The topological polar surface area (TPSA) is 120 Å². The van der Waals surface area contributed by atoms with E-state index in [2.05, 4.69) is 31.2 Å². The van der Waals surface area contributed by atoms with Crippen LogP contribution in [0.2, 0.25) is 0 Å². The highest BCUT2D eigenvalue weighted by atomic mass is 32.1. The summed E-state index contributed by atoms with van der Waals surface area (Å²) in [4.78, 5) is 35.5. The summed E-state index contributed by atoms with van der Waals surface area (Å²) in [6.45, 7) is 7.25. The first kappa shape index (κ1) is 24.9. The summed E-state index contributed by atoms with van der Waals surface area (Å²) in [5, 5.41) is 13.0. The Balaban J connectivity index is 1.59. The van der Waals surface area contributed by atoms with Gasteiger partial charge in [-0.3, -0.25) is 5.32 Å². The van der Waals surface area contributed by atoms with Crippen LogP contribution in [-0.4, -0.2) is 67.0 Å². The van der Waals surface area contributed by atoms with Gasteiger partial charge in [0.2, 0.25) is 5.95 Å². The van der Waals surface area contributed by atoms with Crippen LogP contribution < -0.4 is 15.1 Å². The monoisotopic (exact) mass is 496 g/mol. The van der Waals surface area contributed by atoms with E-state index in [1.54, 1.807) is 13.8 Å². The molecule has 2 aromatic heterocycles. The van der Waals surface area contributed by atoms with Gasteiger partial charge in [0.15, 0.2) is 5.13 Å². The molecular formula is C24H32N8O2S. The number of rotatable bonds is 7. The lowest BCUT2D eigenvalue weighted by Gasteiger charge is -2.33. The number of thiazole rings is 1. The summed E-state index contributed by atoms with van der Waals surface area (Å²) < 4.78 is 5.14. The van der Waals surface area contributed by atoms with Crippen molar-refractivity contribution in [2.45, 2.75) is 39.5 Å². The fourth-order valence-electron chi connectivity index (χ4n) is 4.46. The van der Waals surface area contributed by atoms with Crippen molar-refractivity contribution in [3.63, 3.8) is 0 Å². The maximum Gasteiger partial charge on any atom is 0.350 e. The van der Waals surface area contributed by atoms with Crippen molar-refractivity contribution in [2.24, 2.45) is 16.8 Å². The number of carbonyl (C=O) groups excluding carboxylic acids is 1. The van der Waals surface area contributed by atoms with Crippen molar-refractivity contribution < 1.29 is 9.53 Å². The Morgan fingerprint density at radius 1 is 1.20 bits per heavy atom. The van der Waals surface area contributed by atoms with Crippen LogP contribution in [0.15, 0.2) is 11.1 Å². The van der Waals surface area contributed by atoms with Gasteiger partial charge in [-0.2, -0.15) is 15.2 Å². The summed E-state index contributed by atoms with van der Waals surface area (Å²) in [5.74, 6) is 2.38. The third-order valence-electron chi connectivity index (χ3n) is 6.40. The number of aryl methyl sites for hydroxylation is 1. The van der Waals surface area contributed by atoms with E-state index in [1.165, 1.54) is 11.3 Å². The number of nitrogens with one attached hydrogen (secondary N) is 1. The summed E-state index contributed by atoms with van der Waals surface area (Å²) in [6.07, 6.45) is 5.76. The molecule has 2 fully saturated rings. The molecule has 186 valence electrons. The predicted molar refractivity (Wildman–Crippen MR) is 138 cm³/mol. The molecule has 2 aromatic rings. The van der Waals surface area contributed by atoms with Gasteiger partial charge >= 0.3 is 5.97 Å². The van der Waals surface area contributed by atoms with Gasteiger partial charge in [0.25, 0.3) is 0 Å². The van der Waals surface area contributed by atoms with E-state index >= 15 is 0 Å². The van der Waals surface area contributed by atoms with Crippen LogP contribution in [0.1, 0.15) is 48.0 Å². The van der Waals surface area contributed by atoms with Gasteiger partial charge in [-0.25, -0.2) is 9.78 Å². The lowest BCUT2D eigenvalue weighted by molar-refractivity contribution is 0.0531. The summed E-state index contributed by atoms with van der Waals surface area (Å²) in [5.41, 5.74) is 0.616. The fraction of sp³-hybridized carbons (Fsp3) is 0.583. The van der Waals surface area contributed by atoms with Gasteiger partial charge in [0, 0.05) is 51.4 Å². The Morgan fingerprint density at radius 3 is 2.40 bits per heavy atom. The maximum absolute atomic E-state index is 12.2. The normalized spacial score (nSPS) is 17.5. The third-order valence-corrected chi connectivity index (χ3v) is 7.45. The van der Waals surface area contributed by atoms with Gasteiger partial charge in [-0.1, -0.05) is 11.3 Å². The van der Waals surface area contributed by atoms with Gasteiger partial charge < -0.3 is 19.5 Å². The number of piperidine rings is 2. The van der Waals surface area contributed by atoms with Crippen LogP contribution in [0.3, 0.4) is 0 Å². The van der Waals surface area contributed by atoms with E-state index in [0.29, 0.717) is 34.2 Å². The van der Waals surface area contributed by atoms with E-state index in [-0.39, 0.29) is 11.9 Å². The number of hydrogen-bond donors (Lipinski definition) is 1. The van der Waals surface area contributed by atoms with Crippen molar-refractivity contribution in [1.82, 2.24) is 15.0 Å². The fourth-order valence-corrected chi connectivity index (χ4v) is 5.31. The molecule has 1 N–H and O–H groups in total. The lowest BCUT2D eigenvalue weighted by atomic mass is 9.98. The Morgan fingerprint density at radius 2 is 1.83 bits per heavy atom. The minimum absolute atomic E-state index is 0.101. The molecule has 2 saturated heterocycles. The van der Waals surface area contributed by atoms with E-state index in [9.17, 15) is 10.1 Å². The second kappa shape index (κ2) is 11.4. The molecule has 0 aromatic carbocycles. The zero-order valence-electron chi connectivity index (χ0n) is 20.5. The predicted octanol–water partition coefficient (Wildman–Crippen LogP) is 3.82. The second-order valence-electron chi connectivity index (χ2n) is 8.81. The maximum atomic E-state index is 12.2. The number of anilines is 4. The van der Waals surface area contributed by atoms with Crippen LogP contribution in [0.5, 0.6) is 0 Å². The number of aliphatic imine (C=N–C) groups is 1. The van der Waals surface area contributed by atoms with Crippen molar-refractivity contribution in [2.75, 3.05) is 55.0 Å². The number of carbonyl (C=O) groups is 1. The Labute approximate surface area is 210 Å². The highest BCUT2D eigenvalue weighted by molar-refractivity contribution is 7.17. The molecule has 2 aliphatic rings. The van der Waals surface area contributed by atoms with E-state index in [1.807, 2.05) is 19.3 Å². The number of esters is 1. The van der Waals surface area contributed by atoms with Gasteiger partial charge in [0.05, 0.1) is 18.4 Å². The SMILES string of the molecule is CCOC(=O)c1sc(Nc2nc(N3CCC(C#N)CC3)cc(N3CCC(C=NC)CC3)n2)nc1C. The molecule has 4 heterocycles. The standard InChI is InChI=1S/C24H32N8O2S/c1-4-34-22(33)21-16(2)27-24(35-21)30-23-28-19(31-9-5-17(14-25)6-10-31)13-20(29-23)32-11-7-18(8-12-32)15-26-3/h13,15,17-18H,4-12H2,1-3H3,(H,27,28,29,30). The van der Waals surface area contributed by atoms with Crippen molar-refractivity contribution >= 4 is 46.2 Å². The molecule has 0 saturated carbocycles. The minimum Gasteiger partial charge on any atom is -0.462 e. The molecule has 35 heavy (non-hydrogen) atoms. The number of nitrogens with zero attached hydrogens (tertiary/aromatic N) is 7. The highest BCUT2D eigenvalue weighted by Crippen LogP contribution is 2.30. The molecule has 0 unspecified atom stereocenters. The van der Waals surface area contributed by atoms with Crippen LogP contribution in [0.4, 0.5) is 22.7 Å². The lowest BCUT2D eigenvalue weighted by Crippen LogP contribution is -2.36. The first-order valence-electron chi connectivity index (χ1n) is 12.1. The Hall–Kier alpha value is -3.26. The molecule has 0 radical (unpaired) electrons. The number of hydrogen-bond acceptors (Lipinski definition) is 11. The van der Waals surface area contributed by atoms with E-state index in [0.717, 1.165) is 63.5 Å². The minimum atomic E-state index is -0.371. The summed E-state index contributed by atoms with van der Waals surface area (Å²) >= 11 is 1.24. The van der Waals surface area contributed by atoms with Gasteiger partial charge in [0.1, 0.15) is 16.5 Å². The average Bonchev–Trinajstić information content (AvgIpc) is 3.24. The molecule has 0 aliphatic carbocycles. The Kier molecular flexibility index (Phi) is 8.13. The molecule has 10 nitrogen and oxygen atoms in total. The first-order valence-corrected chi connectivity index (χ1v) is 12.9. The molecule has 0 spiro atoms. The molecular weight excluding hydrogens is 464 g/mol. The van der Waals surface area contributed by atoms with E-state index < -0.39 is 0 Å². The molecule has 2 aliphatic heterocycles. The van der Waals surface area contributed by atoms with Crippen LogP contribution >= 0.6 is 11.3 Å². The highest BCUT2D eigenvalue weighted by Gasteiger charge is 2.24. The number of nitriles is 1. The van der Waals surface area contributed by atoms with E-state index in [4.69, 9.17) is 14.7 Å². The van der Waals surface area contributed by atoms with Crippen LogP contribution in [-0.2, 0) is 4.74 Å². The Bertz CT molecular complexity index is 1100. The quantitative estimate of drug-likeness (QED) is 0.450. The number of ether oxygens (including phenoxy) is 1. The second-order valence-corrected chi connectivity index (χ2v) is 9.81. The third kappa shape index (κ3) is 6.06. The van der Waals surface area contributed by atoms with Gasteiger partial charge in [-0.05, 0) is 45.4 Å². The van der Waals surface area contributed by atoms with Crippen LogP contribution in [0.25, 0.3) is 0 Å². The van der Waals surface area contributed by atoms with Crippen molar-refractivity contribution in [3.8, 4) is 6.07 Å². The summed E-state index contributed by atoms with van der Waals surface area (Å²) in [6, 6.07) is 4.43. The molecule has 0 amide bonds. The largest absolute Gasteiger partial charge is 0.462 e. The molecule has 11 heteroatoms. The molecule has 0 bridgehead atoms. The summed E-state index contributed by atoms with van der Waals surface area (Å²) in [7, 11) is 1.82. The van der Waals surface area contributed by atoms with Crippen molar-refractivity contribution in [3.05, 3.63) is 16.6 Å². The van der Waals surface area contributed by atoms with Crippen molar-refractivity contribution in [1.29, 1.82) is 5.26 Å². The number of aromatic nitrogens is 3. The zero-order valence-corrected chi connectivity index (χ0v) is 21.3. The average molecular weight is 497 g/mol.